The number of nitrogens with one attached hydrogen (secondary N) is 2. The third kappa shape index (κ3) is 3.30. The number of carbonyl (C=O) groups is 3. The highest BCUT2D eigenvalue weighted by atomic mass is 16.3. The fourth-order valence-electron chi connectivity index (χ4n) is 2.64. The van der Waals surface area contributed by atoms with Crippen LogP contribution >= 0.6 is 0 Å². The molecule has 0 unspecified atom stereocenters. The van der Waals surface area contributed by atoms with Gasteiger partial charge in [0.05, 0.1) is 16.8 Å². The SMILES string of the molecule is Cc1ccc(NC(=O)NCCN2C(=O)c3ccccc3C2=O)c(O)c1. The number of carbonyl (C=O) groups excluding carboxylic acids is 3. The van der Waals surface area contributed by atoms with Crippen LogP contribution in [0.15, 0.2) is 42.5 Å². The molecule has 0 aromatic heterocycles. The molecule has 0 spiro atoms. The molecule has 4 amide bonds. The first-order chi connectivity index (χ1) is 12.0. The molecule has 0 saturated heterocycles. The standard InChI is InChI=1S/C18H17N3O4/c1-11-6-7-14(15(22)10-11)20-18(25)19-8-9-21-16(23)12-4-2-3-5-13(12)17(21)24/h2-7,10,22H,8-9H2,1H3,(H2,19,20,25). The molecule has 128 valence electrons. The lowest BCUT2D eigenvalue weighted by Crippen LogP contribution is -2.39. The van der Waals surface area contributed by atoms with Crippen molar-refractivity contribution in [2.24, 2.45) is 0 Å². The fraction of sp³-hybridized carbons (Fsp3) is 0.167. The largest absolute Gasteiger partial charge is 0.506 e. The Morgan fingerprint density at radius 3 is 2.32 bits per heavy atom. The van der Waals surface area contributed by atoms with E-state index in [0.29, 0.717) is 11.1 Å². The molecular formula is C18H17N3O4. The van der Waals surface area contributed by atoms with Crippen LogP contribution < -0.4 is 10.6 Å². The van der Waals surface area contributed by atoms with E-state index in [0.717, 1.165) is 10.5 Å². The minimum Gasteiger partial charge on any atom is -0.506 e. The molecule has 2 aromatic rings. The number of anilines is 1. The first kappa shape index (κ1) is 16.5. The summed E-state index contributed by atoms with van der Waals surface area (Å²) in [6.45, 7) is 2.00. The second kappa shape index (κ2) is 6.64. The van der Waals surface area contributed by atoms with Crippen LogP contribution in [0.1, 0.15) is 26.3 Å². The van der Waals surface area contributed by atoms with Gasteiger partial charge in [-0.3, -0.25) is 14.5 Å². The van der Waals surface area contributed by atoms with Gasteiger partial charge in [0.25, 0.3) is 11.8 Å². The van der Waals surface area contributed by atoms with E-state index < -0.39 is 6.03 Å². The molecule has 25 heavy (non-hydrogen) atoms. The molecule has 0 aliphatic carbocycles. The molecular weight excluding hydrogens is 322 g/mol. The Bertz CT molecular complexity index is 828. The van der Waals surface area contributed by atoms with Crippen LogP contribution in [0.5, 0.6) is 5.75 Å². The average Bonchev–Trinajstić information content (AvgIpc) is 2.83. The molecule has 7 nitrogen and oxygen atoms in total. The quantitative estimate of drug-likeness (QED) is 0.587. The third-order valence-corrected chi connectivity index (χ3v) is 3.90. The van der Waals surface area contributed by atoms with E-state index in [9.17, 15) is 19.5 Å². The smallest absolute Gasteiger partial charge is 0.319 e. The van der Waals surface area contributed by atoms with Crippen LogP contribution in [0.4, 0.5) is 10.5 Å². The number of phenols is 1. The first-order valence-electron chi connectivity index (χ1n) is 7.77. The summed E-state index contributed by atoms with van der Waals surface area (Å²) < 4.78 is 0. The normalized spacial score (nSPS) is 12.9. The number of urea groups is 1. The Balaban J connectivity index is 1.54. The molecule has 2 aromatic carbocycles. The highest BCUT2D eigenvalue weighted by molar-refractivity contribution is 6.21. The highest BCUT2D eigenvalue weighted by Gasteiger charge is 2.34. The predicted molar refractivity (Wildman–Crippen MR) is 91.7 cm³/mol. The fourth-order valence-corrected chi connectivity index (χ4v) is 2.64. The van der Waals surface area contributed by atoms with Crippen LogP contribution in [-0.4, -0.2) is 40.9 Å². The zero-order chi connectivity index (χ0) is 18.0. The van der Waals surface area contributed by atoms with Gasteiger partial charge in [-0.05, 0) is 36.8 Å². The Hall–Kier alpha value is -3.35. The van der Waals surface area contributed by atoms with Crippen molar-refractivity contribution < 1.29 is 19.5 Å². The number of nitrogens with zero attached hydrogens (tertiary/aromatic N) is 1. The molecule has 3 rings (SSSR count). The van der Waals surface area contributed by atoms with Gasteiger partial charge in [-0.2, -0.15) is 0 Å². The summed E-state index contributed by atoms with van der Waals surface area (Å²) in [4.78, 5) is 37.4. The third-order valence-electron chi connectivity index (χ3n) is 3.90. The van der Waals surface area contributed by atoms with Gasteiger partial charge in [0.2, 0.25) is 0 Å². The summed E-state index contributed by atoms with van der Waals surface area (Å²) in [6, 6.07) is 11.0. The van der Waals surface area contributed by atoms with Crippen molar-refractivity contribution in [2.75, 3.05) is 18.4 Å². The lowest BCUT2D eigenvalue weighted by molar-refractivity contribution is 0.0656. The summed E-state index contributed by atoms with van der Waals surface area (Å²) in [5, 5.41) is 14.8. The lowest BCUT2D eigenvalue weighted by atomic mass is 10.1. The van der Waals surface area contributed by atoms with Crippen molar-refractivity contribution in [1.29, 1.82) is 0 Å². The number of hydrogen-bond donors (Lipinski definition) is 3. The summed E-state index contributed by atoms with van der Waals surface area (Å²) in [7, 11) is 0. The molecule has 0 bridgehead atoms. The van der Waals surface area contributed by atoms with E-state index in [1.807, 2.05) is 6.92 Å². The number of aryl methyl sites for hydroxylation is 1. The summed E-state index contributed by atoms with van der Waals surface area (Å²) >= 11 is 0. The maximum absolute atomic E-state index is 12.2. The zero-order valence-electron chi connectivity index (χ0n) is 13.6. The molecule has 1 heterocycles. The molecule has 3 N–H and O–H groups in total. The van der Waals surface area contributed by atoms with Crippen LogP contribution in [0.3, 0.4) is 0 Å². The number of imide groups is 1. The van der Waals surface area contributed by atoms with Crippen molar-refractivity contribution in [3.63, 3.8) is 0 Å². The van der Waals surface area contributed by atoms with Crippen LogP contribution in [0.25, 0.3) is 0 Å². The molecule has 7 heteroatoms. The van der Waals surface area contributed by atoms with E-state index in [-0.39, 0.29) is 36.3 Å². The van der Waals surface area contributed by atoms with Crippen LogP contribution in [0, 0.1) is 6.92 Å². The summed E-state index contributed by atoms with van der Waals surface area (Å²) in [6.07, 6.45) is 0. The maximum atomic E-state index is 12.2. The summed E-state index contributed by atoms with van der Waals surface area (Å²) in [5.74, 6) is -0.756. The van der Waals surface area contributed by atoms with E-state index in [1.54, 1.807) is 36.4 Å². The highest BCUT2D eigenvalue weighted by Crippen LogP contribution is 2.24. The van der Waals surface area contributed by atoms with Crippen molar-refractivity contribution in [3.8, 4) is 5.75 Å². The van der Waals surface area contributed by atoms with Gasteiger partial charge in [-0.1, -0.05) is 18.2 Å². The van der Waals surface area contributed by atoms with Gasteiger partial charge >= 0.3 is 6.03 Å². The number of phenolic OH excluding ortho intramolecular Hbond substituents is 1. The molecule has 0 radical (unpaired) electrons. The zero-order valence-corrected chi connectivity index (χ0v) is 13.6. The number of amides is 4. The van der Waals surface area contributed by atoms with Gasteiger partial charge in [0.15, 0.2) is 0 Å². The van der Waals surface area contributed by atoms with E-state index in [4.69, 9.17) is 0 Å². The Kier molecular flexibility index (Phi) is 4.38. The second-order valence-corrected chi connectivity index (χ2v) is 5.71. The molecule has 0 fully saturated rings. The number of fused-ring (bicyclic) bond motifs is 1. The van der Waals surface area contributed by atoms with Crippen molar-refractivity contribution >= 4 is 23.5 Å². The Morgan fingerprint density at radius 2 is 1.72 bits per heavy atom. The average molecular weight is 339 g/mol. The minimum absolute atomic E-state index is 0.0319. The molecule has 0 saturated carbocycles. The first-order valence-corrected chi connectivity index (χ1v) is 7.77. The Labute approximate surface area is 144 Å². The molecule has 0 atom stereocenters. The topological polar surface area (TPSA) is 98.7 Å². The number of rotatable bonds is 4. The van der Waals surface area contributed by atoms with E-state index in [1.165, 1.54) is 6.07 Å². The second-order valence-electron chi connectivity index (χ2n) is 5.71. The van der Waals surface area contributed by atoms with Gasteiger partial charge in [0.1, 0.15) is 5.75 Å². The van der Waals surface area contributed by atoms with E-state index in [2.05, 4.69) is 10.6 Å². The summed E-state index contributed by atoms with van der Waals surface area (Å²) in [5.41, 5.74) is 1.90. The minimum atomic E-state index is -0.532. The monoisotopic (exact) mass is 339 g/mol. The van der Waals surface area contributed by atoms with Crippen molar-refractivity contribution in [3.05, 3.63) is 59.2 Å². The van der Waals surface area contributed by atoms with Crippen molar-refractivity contribution in [2.45, 2.75) is 6.92 Å². The molecule has 1 aliphatic heterocycles. The number of aromatic hydroxyl groups is 1. The van der Waals surface area contributed by atoms with E-state index >= 15 is 0 Å². The number of hydrogen-bond acceptors (Lipinski definition) is 4. The maximum Gasteiger partial charge on any atom is 0.319 e. The predicted octanol–water partition coefficient (Wildman–Crippen LogP) is 2.12. The van der Waals surface area contributed by atoms with Crippen molar-refractivity contribution in [1.82, 2.24) is 10.2 Å². The lowest BCUT2D eigenvalue weighted by Gasteiger charge is -2.15. The van der Waals surface area contributed by atoms with Gasteiger partial charge < -0.3 is 15.7 Å². The molecule has 1 aliphatic rings. The van der Waals surface area contributed by atoms with Gasteiger partial charge in [0, 0.05) is 13.1 Å². The van der Waals surface area contributed by atoms with Gasteiger partial charge in [-0.15, -0.1) is 0 Å². The number of benzene rings is 2. The Morgan fingerprint density at radius 1 is 1.08 bits per heavy atom. The van der Waals surface area contributed by atoms with Crippen LogP contribution in [-0.2, 0) is 0 Å². The van der Waals surface area contributed by atoms with Gasteiger partial charge in [-0.25, -0.2) is 4.79 Å². The van der Waals surface area contributed by atoms with Crippen LogP contribution in [0.2, 0.25) is 0 Å².